The van der Waals surface area contributed by atoms with Gasteiger partial charge in [0.15, 0.2) is 5.78 Å². The highest BCUT2D eigenvalue weighted by Crippen LogP contribution is 1.89. The lowest BCUT2D eigenvalue weighted by Gasteiger charge is -2.12. The molecule has 1 unspecified atom stereocenters. The van der Waals surface area contributed by atoms with Gasteiger partial charge < -0.3 is 10.6 Å². The lowest BCUT2D eigenvalue weighted by atomic mass is 10.2. The Morgan fingerprint density at radius 3 is 2.38 bits per heavy atom. The Hall–Kier alpha value is -1.06. The lowest BCUT2D eigenvalue weighted by Crippen LogP contribution is -2.44. The molecule has 0 aliphatic rings. The molecule has 0 rings (SSSR count). The molecule has 0 aromatic rings. The SMILES string of the molecule is CCCNC(=O)NC(C)C(=O)CC. The molecular weight excluding hydrogens is 168 g/mol. The van der Waals surface area contributed by atoms with Crippen LogP contribution in [0.3, 0.4) is 0 Å². The van der Waals surface area contributed by atoms with Crippen LogP contribution in [0, 0.1) is 0 Å². The van der Waals surface area contributed by atoms with Crippen molar-refractivity contribution < 1.29 is 9.59 Å². The third kappa shape index (κ3) is 5.22. The molecule has 2 N–H and O–H groups in total. The Kier molecular flexibility index (Phi) is 5.93. The van der Waals surface area contributed by atoms with Crippen LogP contribution in [-0.2, 0) is 4.79 Å². The first kappa shape index (κ1) is 11.9. The minimum atomic E-state index is -0.387. The summed E-state index contributed by atoms with van der Waals surface area (Å²) in [7, 11) is 0. The van der Waals surface area contributed by atoms with E-state index in [1.165, 1.54) is 0 Å². The van der Waals surface area contributed by atoms with Gasteiger partial charge in [-0.15, -0.1) is 0 Å². The number of hydrogen-bond acceptors (Lipinski definition) is 2. The van der Waals surface area contributed by atoms with E-state index in [0.717, 1.165) is 6.42 Å². The highest BCUT2D eigenvalue weighted by molar-refractivity contribution is 5.87. The van der Waals surface area contributed by atoms with Crippen molar-refractivity contribution in [3.63, 3.8) is 0 Å². The maximum atomic E-state index is 11.1. The van der Waals surface area contributed by atoms with E-state index in [4.69, 9.17) is 0 Å². The highest BCUT2D eigenvalue weighted by Gasteiger charge is 2.12. The van der Waals surface area contributed by atoms with Crippen molar-refractivity contribution in [2.24, 2.45) is 0 Å². The Labute approximate surface area is 79.1 Å². The van der Waals surface area contributed by atoms with Gasteiger partial charge in [-0.2, -0.15) is 0 Å². The summed E-state index contributed by atoms with van der Waals surface area (Å²) in [5, 5.41) is 5.21. The molecule has 0 heterocycles. The molecule has 4 heteroatoms. The average molecular weight is 186 g/mol. The molecule has 0 saturated heterocycles. The summed E-state index contributed by atoms with van der Waals surface area (Å²) in [6, 6.07) is -0.655. The second-order valence-corrected chi connectivity index (χ2v) is 2.94. The minimum Gasteiger partial charge on any atom is -0.338 e. The summed E-state index contributed by atoms with van der Waals surface area (Å²) in [5.74, 6) is 0.0478. The van der Waals surface area contributed by atoms with Crippen LogP contribution in [0.5, 0.6) is 0 Å². The lowest BCUT2D eigenvalue weighted by molar-refractivity contribution is -0.120. The molecule has 0 aromatic heterocycles. The third-order valence-corrected chi connectivity index (χ3v) is 1.71. The Morgan fingerprint density at radius 1 is 1.31 bits per heavy atom. The van der Waals surface area contributed by atoms with Crippen LogP contribution in [0.25, 0.3) is 0 Å². The Bertz CT molecular complexity index is 180. The standard InChI is InChI=1S/C9H18N2O2/c1-4-6-10-9(13)11-7(3)8(12)5-2/h7H,4-6H2,1-3H3,(H2,10,11,13). The molecule has 4 nitrogen and oxygen atoms in total. The number of carbonyl (C=O) groups is 2. The number of Topliss-reactive ketones (excluding diaryl/α,β-unsaturated/α-hetero) is 1. The minimum absolute atomic E-state index is 0.0478. The summed E-state index contributed by atoms with van der Waals surface area (Å²) < 4.78 is 0. The van der Waals surface area contributed by atoms with Gasteiger partial charge in [-0.25, -0.2) is 4.79 Å². The number of ketones is 1. The van der Waals surface area contributed by atoms with Gasteiger partial charge in [0.2, 0.25) is 0 Å². The number of carbonyl (C=O) groups excluding carboxylic acids is 2. The number of hydrogen-bond donors (Lipinski definition) is 2. The molecule has 0 fully saturated rings. The zero-order chi connectivity index (χ0) is 10.3. The second-order valence-electron chi connectivity index (χ2n) is 2.94. The molecule has 0 aliphatic heterocycles. The van der Waals surface area contributed by atoms with E-state index in [0.29, 0.717) is 13.0 Å². The van der Waals surface area contributed by atoms with Gasteiger partial charge in [-0.3, -0.25) is 4.79 Å². The fourth-order valence-electron chi connectivity index (χ4n) is 0.873. The molecule has 0 radical (unpaired) electrons. The molecular formula is C9H18N2O2. The summed E-state index contributed by atoms with van der Waals surface area (Å²) in [6.45, 7) is 6.08. The number of urea groups is 1. The second kappa shape index (κ2) is 6.46. The van der Waals surface area contributed by atoms with Crippen LogP contribution in [0.15, 0.2) is 0 Å². The number of amides is 2. The van der Waals surface area contributed by atoms with E-state index >= 15 is 0 Å². The van der Waals surface area contributed by atoms with Gasteiger partial charge >= 0.3 is 6.03 Å². The van der Waals surface area contributed by atoms with Crippen LogP contribution >= 0.6 is 0 Å². The topological polar surface area (TPSA) is 58.2 Å². The van der Waals surface area contributed by atoms with E-state index < -0.39 is 0 Å². The molecule has 0 saturated carbocycles. The van der Waals surface area contributed by atoms with Gasteiger partial charge in [-0.1, -0.05) is 13.8 Å². The maximum Gasteiger partial charge on any atom is 0.315 e. The zero-order valence-electron chi connectivity index (χ0n) is 8.52. The smallest absolute Gasteiger partial charge is 0.315 e. The molecule has 2 amide bonds. The van der Waals surface area contributed by atoms with Gasteiger partial charge in [0.1, 0.15) is 0 Å². The largest absolute Gasteiger partial charge is 0.338 e. The Morgan fingerprint density at radius 2 is 1.92 bits per heavy atom. The first-order chi connectivity index (χ1) is 6.11. The summed E-state index contributed by atoms with van der Waals surface area (Å²) >= 11 is 0. The molecule has 0 aromatic carbocycles. The van der Waals surface area contributed by atoms with Crippen LogP contribution in [0.2, 0.25) is 0 Å². The van der Waals surface area contributed by atoms with Gasteiger partial charge in [0.25, 0.3) is 0 Å². The van der Waals surface area contributed by atoms with Crippen molar-refractivity contribution in [1.82, 2.24) is 10.6 Å². The molecule has 76 valence electrons. The predicted molar refractivity (Wildman–Crippen MR) is 51.6 cm³/mol. The van der Waals surface area contributed by atoms with Crippen molar-refractivity contribution in [2.45, 2.75) is 39.7 Å². The average Bonchev–Trinajstić information content (AvgIpc) is 2.13. The van der Waals surface area contributed by atoms with Gasteiger partial charge in [-0.05, 0) is 13.3 Å². The van der Waals surface area contributed by atoms with Crippen molar-refractivity contribution in [3.8, 4) is 0 Å². The van der Waals surface area contributed by atoms with Gasteiger partial charge in [0.05, 0.1) is 6.04 Å². The fraction of sp³-hybridized carbons (Fsp3) is 0.778. The van der Waals surface area contributed by atoms with E-state index in [2.05, 4.69) is 10.6 Å². The normalized spacial score (nSPS) is 11.9. The van der Waals surface area contributed by atoms with E-state index in [1.54, 1.807) is 13.8 Å². The van der Waals surface area contributed by atoms with Gasteiger partial charge in [0, 0.05) is 13.0 Å². The van der Waals surface area contributed by atoms with E-state index in [1.807, 2.05) is 6.92 Å². The van der Waals surface area contributed by atoms with Crippen LogP contribution in [0.1, 0.15) is 33.6 Å². The highest BCUT2D eigenvalue weighted by atomic mass is 16.2. The van der Waals surface area contributed by atoms with Crippen LogP contribution in [-0.4, -0.2) is 24.4 Å². The quantitative estimate of drug-likeness (QED) is 0.674. The molecule has 13 heavy (non-hydrogen) atoms. The summed E-state index contributed by atoms with van der Waals surface area (Å²) in [4.78, 5) is 22.1. The van der Waals surface area contributed by atoms with Crippen molar-refractivity contribution in [2.75, 3.05) is 6.54 Å². The predicted octanol–water partition coefficient (Wildman–Crippen LogP) is 1.06. The molecule has 1 atom stereocenters. The first-order valence-electron chi connectivity index (χ1n) is 4.68. The first-order valence-corrected chi connectivity index (χ1v) is 4.68. The van der Waals surface area contributed by atoms with E-state index in [-0.39, 0.29) is 17.9 Å². The monoisotopic (exact) mass is 186 g/mol. The fourth-order valence-corrected chi connectivity index (χ4v) is 0.873. The summed E-state index contributed by atoms with van der Waals surface area (Å²) in [5.41, 5.74) is 0. The van der Waals surface area contributed by atoms with Crippen molar-refractivity contribution >= 4 is 11.8 Å². The van der Waals surface area contributed by atoms with Crippen LogP contribution < -0.4 is 10.6 Å². The Balaban J connectivity index is 3.71. The molecule has 0 bridgehead atoms. The van der Waals surface area contributed by atoms with Crippen molar-refractivity contribution in [3.05, 3.63) is 0 Å². The summed E-state index contributed by atoms with van der Waals surface area (Å²) in [6.07, 6.45) is 1.35. The third-order valence-electron chi connectivity index (χ3n) is 1.71. The molecule has 0 spiro atoms. The zero-order valence-corrected chi connectivity index (χ0v) is 8.52. The van der Waals surface area contributed by atoms with Crippen LogP contribution in [0.4, 0.5) is 4.79 Å². The maximum absolute atomic E-state index is 11.1. The van der Waals surface area contributed by atoms with Crippen molar-refractivity contribution in [1.29, 1.82) is 0 Å². The number of nitrogens with one attached hydrogen (secondary N) is 2. The molecule has 0 aliphatic carbocycles. The van der Waals surface area contributed by atoms with E-state index in [9.17, 15) is 9.59 Å². The number of rotatable bonds is 5.